The molecule has 226 valence electrons. The van der Waals surface area contributed by atoms with Crippen molar-refractivity contribution < 1.29 is 29.2 Å². The third-order valence-electron chi connectivity index (χ3n) is 6.85. The molecule has 4 rings (SSSR count). The second kappa shape index (κ2) is 14.0. The lowest BCUT2D eigenvalue weighted by atomic mass is 9.97. The molecule has 0 fully saturated rings. The number of nitrogens with zero attached hydrogens (tertiary/aromatic N) is 5. The first-order chi connectivity index (χ1) is 20.5. The smallest absolute Gasteiger partial charge is 0.305 e. The van der Waals surface area contributed by atoms with Crippen LogP contribution >= 0.6 is 0 Å². The summed E-state index contributed by atoms with van der Waals surface area (Å²) < 4.78 is 21.0. The minimum atomic E-state index is -1.21. The molecule has 0 aliphatic rings. The second-order valence-electron chi connectivity index (χ2n) is 10.5. The van der Waals surface area contributed by atoms with Crippen LogP contribution in [0.25, 0.3) is 17.3 Å². The van der Waals surface area contributed by atoms with Gasteiger partial charge in [-0.25, -0.2) is 14.4 Å². The van der Waals surface area contributed by atoms with Crippen LogP contribution in [-0.2, 0) is 18.4 Å². The molecule has 0 radical (unpaired) electrons. The topological polar surface area (TPSA) is 134 Å². The number of rotatable bonds is 13. The van der Waals surface area contributed by atoms with Crippen molar-refractivity contribution in [3.05, 3.63) is 89.5 Å². The van der Waals surface area contributed by atoms with Crippen molar-refractivity contribution in [1.29, 1.82) is 0 Å². The van der Waals surface area contributed by atoms with Crippen LogP contribution in [0, 0.1) is 5.82 Å². The number of carbonyl (C=O) groups is 1. The first-order valence-electron chi connectivity index (χ1n) is 13.9. The summed E-state index contributed by atoms with van der Waals surface area (Å²) in [6.07, 6.45) is 1.91. The maximum atomic E-state index is 13.9. The highest BCUT2D eigenvalue weighted by molar-refractivity contribution is 5.75. The largest absolute Gasteiger partial charge is 0.497 e. The van der Waals surface area contributed by atoms with E-state index in [1.54, 1.807) is 36.2 Å². The zero-order valence-corrected chi connectivity index (χ0v) is 24.6. The lowest BCUT2D eigenvalue weighted by Crippen LogP contribution is -2.23. The summed E-state index contributed by atoms with van der Waals surface area (Å²) in [4.78, 5) is 22.9. The Bertz CT molecular complexity index is 1550. The summed E-state index contributed by atoms with van der Waals surface area (Å²) >= 11 is 0. The summed E-state index contributed by atoms with van der Waals surface area (Å²) in [5, 5.41) is 33.8. The molecular weight excluding hydrogens is 553 g/mol. The number of carboxylic acids is 1. The summed E-state index contributed by atoms with van der Waals surface area (Å²) in [6, 6.07) is 15.5. The molecule has 3 N–H and O–H groups in total. The molecule has 2 heterocycles. The van der Waals surface area contributed by atoms with Crippen LogP contribution in [0.5, 0.6) is 5.75 Å². The van der Waals surface area contributed by atoms with Crippen LogP contribution in [-0.4, -0.2) is 60.4 Å². The number of methoxy groups -OCH3 is 1. The fourth-order valence-electron chi connectivity index (χ4n) is 4.68. The number of anilines is 2. The Morgan fingerprint density at radius 1 is 1.07 bits per heavy atom. The third-order valence-corrected chi connectivity index (χ3v) is 6.85. The molecule has 0 amide bonds. The molecular formula is C32H36FN5O5. The number of hydrogen-bond donors (Lipinski definition) is 3. The van der Waals surface area contributed by atoms with Gasteiger partial charge in [-0.15, -0.1) is 0 Å². The molecule has 0 saturated heterocycles. The number of aromatic nitrogens is 4. The van der Waals surface area contributed by atoms with E-state index in [1.807, 2.05) is 56.1 Å². The van der Waals surface area contributed by atoms with Gasteiger partial charge in [0.2, 0.25) is 5.95 Å². The predicted octanol–water partition coefficient (Wildman–Crippen LogP) is 5.09. The van der Waals surface area contributed by atoms with E-state index in [0.717, 1.165) is 17.1 Å². The average Bonchev–Trinajstić information content (AvgIpc) is 3.40. The molecule has 2 aromatic carbocycles. The highest BCUT2D eigenvalue weighted by atomic mass is 19.1. The van der Waals surface area contributed by atoms with Gasteiger partial charge in [0, 0.05) is 30.7 Å². The van der Waals surface area contributed by atoms with Gasteiger partial charge in [0.15, 0.2) is 0 Å². The standard InChI is InChI=1S/C32H36FN5O5/c1-20(2)30-27(14-11-24(39)17-25(40)18-29(41)42)31(22-7-9-23(33)10-8-22)36-32(35-30)38(28-15-16-34-37(28)3)19-21-5-12-26(43-4)13-6-21/h5-16,20,24-25,39-40H,17-19H2,1-4H3,(H,41,42)/b14-11+/t24-,25-/m1/s1. The van der Waals surface area contributed by atoms with Crippen LogP contribution in [0.2, 0.25) is 0 Å². The van der Waals surface area contributed by atoms with Crippen molar-refractivity contribution >= 4 is 23.8 Å². The van der Waals surface area contributed by atoms with Crippen LogP contribution in [0.3, 0.4) is 0 Å². The molecule has 0 aliphatic heterocycles. The van der Waals surface area contributed by atoms with Gasteiger partial charge in [0.05, 0.1) is 49.9 Å². The highest BCUT2D eigenvalue weighted by Crippen LogP contribution is 2.34. The molecule has 0 saturated carbocycles. The number of aliphatic hydroxyl groups excluding tert-OH is 2. The summed E-state index contributed by atoms with van der Waals surface area (Å²) in [5.74, 6) is 0.268. The lowest BCUT2D eigenvalue weighted by Gasteiger charge is -2.25. The Labute approximate surface area is 249 Å². The monoisotopic (exact) mass is 589 g/mol. The molecule has 11 heteroatoms. The zero-order valence-electron chi connectivity index (χ0n) is 24.6. The van der Waals surface area contributed by atoms with Crippen LogP contribution < -0.4 is 9.64 Å². The average molecular weight is 590 g/mol. The molecule has 0 spiro atoms. The maximum absolute atomic E-state index is 13.9. The third kappa shape index (κ3) is 8.02. The Morgan fingerprint density at radius 2 is 1.77 bits per heavy atom. The van der Waals surface area contributed by atoms with E-state index in [-0.39, 0.29) is 12.3 Å². The van der Waals surface area contributed by atoms with Gasteiger partial charge in [-0.3, -0.25) is 14.4 Å². The number of ether oxygens (including phenoxy) is 1. The van der Waals surface area contributed by atoms with Crippen molar-refractivity contribution in [2.75, 3.05) is 12.0 Å². The van der Waals surface area contributed by atoms with E-state index in [4.69, 9.17) is 19.8 Å². The van der Waals surface area contributed by atoms with E-state index in [9.17, 15) is 19.4 Å². The van der Waals surface area contributed by atoms with Crippen molar-refractivity contribution in [2.45, 2.75) is 51.4 Å². The number of halogens is 1. The van der Waals surface area contributed by atoms with E-state index in [1.165, 1.54) is 18.2 Å². The normalized spacial score (nSPS) is 12.9. The van der Waals surface area contributed by atoms with Crippen LogP contribution in [0.1, 0.15) is 49.4 Å². The first-order valence-corrected chi connectivity index (χ1v) is 13.9. The van der Waals surface area contributed by atoms with E-state index in [0.29, 0.717) is 35.0 Å². The van der Waals surface area contributed by atoms with E-state index < -0.39 is 30.4 Å². The molecule has 0 aliphatic carbocycles. The SMILES string of the molecule is COc1ccc(CN(c2nc(-c3ccc(F)cc3)c(/C=C/[C@@H](O)C[C@@H](O)CC(=O)O)c(C(C)C)n2)c2ccnn2C)cc1. The van der Waals surface area contributed by atoms with Gasteiger partial charge in [-0.05, 0) is 47.9 Å². The van der Waals surface area contributed by atoms with E-state index >= 15 is 0 Å². The molecule has 2 atom stereocenters. The fourth-order valence-corrected chi connectivity index (χ4v) is 4.68. The quantitative estimate of drug-likeness (QED) is 0.195. The fraction of sp³-hybridized carbons (Fsp3) is 0.312. The van der Waals surface area contributed by atoms with Gasteiger partial charge >= 0.3 is 5.97 Å². The lowest BCUT2D eigenvalue weighted by molar-refractivity contribution is -0.139. The van der Waals surface area contributed by atoms with Gasteiger partial charge in [-0.1, -0.05) is 38.1 Å². The number of aryl methyl sites for hydroxylation is 1. The van der Waals surface area contributed by atoms with Crippen molar-refractivity contribution in [1.82, 2.24) is 19.7 Å². The van der Waals surface area contributed by atoms with Gasteiger partial charge in [0.1, 0.15) is 17.4 Å². The number of aliphatic hydroxyl groups is 2. The van der Waals surface area contributed by atoms with Crippen molar-refractivity contribution in [2.24, 2.45) is 7.05 Å². The minimum Gasteiger partial charge on any atom is -0.497 e. The van der Waals surface area contributed by atoms with Gasteiger partial charge in [0.25, 0.3) is 0 Å². The van der Waals surface area contributed by atoms with Gasteiger partial charge in [-0.2, -0.15) is 5.10 Å². The summed E-state index contributed by atoms with van der Waals surface area (Å²) in [6.45, 7) is 4.39. The van der Waals surface area contributed by atoms with Gasteiger partial charge < -0.3 is 20.1 Å². The van der Waals surface area contributed by atoms with Crippen molar-refractivity contribution in [3.63, 3.8) is 0 Å². The Hall–Kier alpha value is -4.61. The summed E-state index contributed by atoms with van der Waals surface area (Å²) in [5.41, 5.74) is 3.44. The number of benzene rings is 2. The zero-order chi connectivity index (χ0) is 31.1. The summed E-state index contributed by atoms with van der Waals surface area (Å²) in [7, 11) is 3.44. The minimum absolute atomic E-state index is 0.0790. The molecule has 0 bridgehead atoms. The predicted molar refractivity (Wildman–Crippen MR) is 161 cm³/mol. The first kappa shape index (κ1) is 31.3. The van der Waals surface area contributed by atoms with E-state index in [2.05, 4.69) is 5.10 Å². The molecule has 10 nitrogen and oxygen atoms in total. The molecule has 2 aromatic heterocycles. The molecule has 4 aromatic rings. The number of hydrogen-bond acceptors (Lipinski definition) is 8. The second-order valence-corrected chi connectivity index (χ2v) is 10.5. The number of carboxylic acid groups (broad SMARTS) is 1. The Morgan fingerprint density at radius 3 is 2.35 bits per heavy atom. The van der Waals surface area contributed by atoms with Crippen LogP contribution in [0.4, 0.5) is 16.2 Å². The Kier molecular flexibility index (Phi) is 10.2. The number of aliphatic carboxylic acids is 1. The Balaban J connectivity index is 1.85. The highest BCUT2D eigenvalue weighted by Gasteiger charge is 2.23. The molecule has 0 unspecified atom stereocenters. The van der Waals surface area contributed by atoms with Crippen molar-refractivity contribution in [3.8, 4) is 17.0 Å². The van der Waals surface area contributed by atoms with Crippen LogP contribution in [0.15, 0.2) is 66.9 Å². The molecule has 43 heavy (non-hydrogen) atoms. The maximum Gasteiger partial charge on any atom is 0.305 e.